The molecule has 0 aliphatic heterocycles. The minimum absolute atomic E-state index is 0.0614. The van der Waals surface area contributed by atoms with Gasteiger partial charge in [-0.25, -0.2) is 4.39 Å². The summed E-state index contributed by atoms with van der Waals surface area (Å²) in [6, 6.07) is 7.12. The Hall–Kier alpha value is -1.30. The average Bonchev–Trinajstić information content (AvgIpc) is 2.41. The van der Waals surface area contributed by atoms with Crippen molar-refractivity contribution < 1.29 is 13.9 Å². The summed E-state index contributed by atoms with van der Waals surface area (Å²) in [7, 11) is 1.42. The second kappa shape index (κ2) is 6.64. The van der Waals surface area contributed by atoms with E-state index in [2.05, 4.69) is 21.2 Å². The van der Waals surface area contributed by atoms with Gasteiger partial charge in [0.15, 0.2) is 5.75 Å². The van der Waals surface area contributed by atoms with Crippen molar-refractivity contribution in [2.75, 3.05) is 12.4 Å². The Morgan fingerprint density at radius 3 is 2.38 bits per heavy atom. The molecule has 0 heterocycles. The lowest BCUT2D eigenvalue weighted by Gasteiger charge is -2.10. The zero-order chi connectivity index (χ0) is 15.6. The Labute approximate surface area is 139 Å². The van der Waals surface area contributed by atoms with Crippen LogP contribution in [-0.4, -0.2) is 13.0 Å². The average molecular weight is 393 g/mol. The van der Waals surface area contributed by atoms with Gasteiger partial charge in [0, 0.05) is 10.0 Å². The topological polar surface area (TPSA) is 38.3 Å². The number of hydrogen-bond donors (Lipinski definition) is 1. The number of halogens is 4. The third kappa shape index (κ3) is 3.67. The van der Waals surface area contributed by atoms with Crippen molar-refractivity contribution in [3.05, 3.63) is 56.2 Å². The van der Waals surface area contributed by atoms with Crippen LogP contribution in [0.25, 0.3) is 0 Å². The molecule has 0 saturated heterocycles. The van der Waals surface area contributed by atoms with Crippen molar-refractivity contribution in [2.24, 2.45) is 0 Å². The Balaban J connectivity index is 2.28. The lowest BCUT2D eigenvalue weighted by molar-refractivity contribution is 0.102. The third-order valence-corrected chi connectivity index (χ3v) is 3.70. The smallest absolute Gasteiger partial charge is 0.255 e. The van der Waals surface area contributed by atoms with Gasteiger partial charge in [-0.15, -0.1) is 0 Å². The number of hydrogen-bond acceptors (Lipinski definition) is 2. The molecule has 0 fully saturated rings. The molecule has 0 saturated carbocycles. The Kier molecular flexibility index (Phi) is 5.08. The van der Waals surface area contributed by atoms with Gasteiger partial charge in [-0.2, -0.15) is 0 Å². The fraction of sp³-hybridized carbons (Fsp3) is 0.0714. The number of benzene rings is 2. The number of nitrogens with one attached hydrogen (secondary N) is 1. The molecule has 0 unspecified atom stereocenters. The number of carbonyl (C=O) groups excluding carboxylic acids is 1. The van der Waals surface area contributed by atoms with Crippen LogP contribution < -0.4 is 10.1 Å². The summed E-state index contributed by atoms with van der Waals surface area (Å²) in [5, 5.41) is 2.85. The molecule has 2 aromatic rings. The highest BCUT2D eigenvalue weighted by atomic mass is 79.9. The maximum absolute atomic E-state index is 13.7. The summed E-state index contributed by atoms with van der Waals surface area (Å²) in [6.45, 7) is 0. The molecule has 1 N–H and O–H groups in total. The molecule has 2 rings (SSSR count). The van der Waals surface area contributed by atoms with Crippen molar-refractivity contribution >= 4 is 50.7 Å². The SMILES string of the molecule is COc1c(Cl)cc(C(=O)Nc2ccc(Br)cc2F)cc1Cl. The largest absolute Gasteiger partial charge is 0.494 e. The molecule has 0 atom stereocenters. The fourth-order valence-electron chi connectivity index (χ4n) is 1.67. The van der Waals surface area contributed by atoms with Gasteiger partial charge in [-0.1, -0.05) is 39.1 Å². The normalized spacial score (nSPS) is 10.3. The molecule has 110 valence electrons. The summed E-state index contributed by atoms with van der Waals surface area (Å²) in [6.07, 6.45) is 0. The second-order valence-electron chi connectivity index (χ2n) is 4.05. The van der Waals surface area contributed by atoms with Crippen LogP contribution in [0.4, 0.5) is 10.1 Å². The van der Waals surface area contributed by atoms with E-state index in [1.165, 1.54) is 31.4 Å². The van der Waals surface area contributed by atoms with Crippen LogP contribution in [0.15, 0.2) is 34.8 Å². The minimum Gasteiger partial charge on any atom is -0.494 e. The van der Waals surface area contributed by atoms with Crippen LogP contribution in [0.5, 0.6) is 5.75 Å². The monoisotopic (exact) mass is 391 g/mol. The molecule has 1 amide bonds. The van der Waals surface area contributed by atoms with E-state index in [4.69, 9.17) is 27.9 Å². The maximum Gasteiger partial charge on any atom is 0.255 e. The first-order valence-electron chi connectivity index (χ1n) is 5.72. The lowest BCUT2D eigenvalue weighted by Crippen LogP contribution is -2.13. The summed E-state index contributed by atoms with van der Waals surface area (Å²) in [5.41, 5.74) is 0.263. The van der Waals surface area contributed by atoms with E-state index >= 15 is 0 Å². The third-order valence-electron chi connectivity index (χ3n) is 2.64. The van der Waals surface area contributed by atoms with Crippen LogP contribution >= 0.6 is 39.1 Å². The van der Waals surface area contributed by atoms with E-state index in [1.807, 2.05) is 0 Å². The molecular weight excluding hydrogens is 384 g/mol. The molecule has 0 aliphatic carbocycles. The summed E-state index contributed by atoms with van der Waals surface area (Å²) in [4.78, 5) is 12.1. The highest BCUT2D eigenvalue weighted by molar-refractivity contribution is 9.10. The van der Waals surface area contributed by atoms with Gasteiger partial charge in [-0.05, 0) is 30.3 Å². The molecule has 0 aliphatic rings. The van der Waals surface area contributed by atoms with E-state index in [1.54, 1.807) is 6.07 Å². The van der Waals surface area contributed by atoms with E-state index in [0.29, 0.717) is 4.47 Å². The number of ether oxygens (including phenoxy) is 1. The molecule has 3 nitrogen and oxygen atoms in total. The van der Waals surface area contributed by atoms with Crippen molar-refractivity contribution in [1.29, 1.82) is 0 Å². The highest BCUT2D eigenvalue weighted by Gasteiger charge is 2.15. The minimum atomic E-state index is -0.552. The molecule has 7 heteroatoms. The number of amides is 1. The van der Waals surface area contributed by atoms with Crippen LogP contribution in [0.1, 0.15) is 10.4 Å². The van der Waals surface area contributed by atoms with Crippen LogP contribution in [-0.2, 0) is 0 Å². The predicted octanol–water partition coefficient (Wildman–Crippen LogP) is 5.16. The van der Waals surface area contributed by atoms with E-state index < -0.39 is 11.7 Å². The molecular formula is C14H9BrCl2FNO2. The number of anilines is 1. The Morgan fingerprint density at radius 1 is 1.24 bits per heavy atom. The number of rotatable bonds is 3. The first kappa shape index (κ1) is 16.1. The molecule has 0 bridgehead atoms. The molecule has 2 aromatic carbocycles. The summed E-state index contributed by atoms with van der Waals surface area (Å²) >= 11 is 15.1. The van der Waals surface area contributed by atoms with Gasteiger partial charge in [0.2, 0.25) is 0 Å². The highest BCUT2D eigenvalue weighted by Crippen LogP contribution is 2.34. The zero-order valence-electron chi connectivity index (χ0n) is 10.7. The lowest BCUT2D eigenvalue weighted by atomic mass is 10.2. The molecule has 0 spiro atoms. The Morgan fingerprint density at radius 2 is 1.86 bits per heavy atom. The molecule has 0 aromatic heterocycles. The van der Waals surface area contributed by atoms with E-state index in [-0.39, 0.29) is 27.0 Å². The first-order valence-corrected chi connectivity index (χ1v) is 7.26. The fourth-order valence-corrected chi connectivity index (χ4v) is 2.65. The van der Waals surface area contributed by atoms with E-state index in [0.717, 1.165) is 0 Å². The van der Waals surface area contributed by atoms with Crippen LogP contribution in [0.3, 0.4) is 0 Å². The van der Waals surface area contributed by atoms with Crippen molar-refractivity contribution in [1.82, 2.24) is 0 Å². The summed E-state index contributed by atoms with van der Waals surface area (Å²) in [5.74, 6) is -0.796. The quantitative estimate of drug-likeness (QED) is 0.783. The van der Waals surface area contributed by atoms with Crippen molar-refractivity contribution in [3.8, 4) is 5.75 Å². The van der Waals surface area contributed by atoms with Gasteiger partial charge in [0.25, 0.3) is 5.91 Å². The van der Waals surface area contributed by atoms with Gasteiger partial charge >= 0.3 is 0 Å². The summed E-state index contributed by atoms with van der Waals surface area (Å²) < 4.78 is 19.3. The van der Waals surface area contributed by atoms with Gasteiger partial charge in [-0.3, -0.25) is 4.79 Å². The molecule has 0 radical (unpaired) electrons. The van der Waals surface area contributed by atoms with Gasteiger partial charge < -0.3 is 10.1 Å². The predicted molar refractivity (Wildman–Crippen MR) is 85.1 cm³/mol. The van der Waals surface area contributed by atoms with E-state index in [9.17, 15) is 9.18 Å². The van der Waals surface area contributed by atoms with Crippen LogP contribution in [0, 0.1) is 5.82 Å². The Bertz CT molecular complexity index is 686. The molecule has 21 heavy (non-hydrogen) atoms. The number of carbonyl (C=O) groups is 1. The first-order chi connectivity index (χ1) is 9.92. The standard InChI is InChI=1S/C14H9BrCl2FNO2/c1-21-13-9(16)4-7(5-10(13)17)14(20)19-12-3-2-8(15)6-11(12)18/h2-6H,1H3,(H,19,20). The zero-order valence-corrected chi connectivity index (χ0v) is 13.8. The van der Waals surface area contributed by atoms with Crippen LogP contribution in [0.2, 0.25) is 10.0 Å². The van der Waals surface area contributed by atoms with Gasteiger partial charge in [0.1, 0.15) is 5.82 Å². The van der Waals surface area contributed by atoms with Gasteiger partial charge in [0.05, 0.1) is 22.8 Å². The number of methoxy groups -OCH3 is 1. The maximum atomic E-state index is 13.7. The second-order valence-corrected chi connectivity index (χ2v) is 5.78. The van der Waals surface area contributed by atoms with Crippen molar-refractivity contribution in [3.63, 3.8) is 0 Å². The van der Waals surface area contributed by atoms with Crippen molar-refractivity contribution in [2.45, 2.75) is 0 Å².